The standard InChI is InChI=1S/C30H36N2O6S/c1-6-37-28(34)22-16-32(19-8-9-19)25-21(26(22)33)11-10-20(27(25)36-5)24-14-18-13-17(7-12-23(18)39-24)15-31-29(35)38-30(2,3)4/h10-11,14,16-17,19H,6-9,12-13,15H2,1-5H3,(H,31,35). The molecule has 2 heterocycles. The van der Waals surface area contributed by atoms with Crippen LogP contribution >= 0.6 is 11.3 Å². The first-order valence-electron chi connectivity index (χ1n) is 13.6. The number of benzene rings is 1. The fourth-order valence-corrected chi connectivity index (χ4v) is 6.49. The summed E-state index contributed by atoms with van der Waals surface area (Å²) in [4.78, 5) is 40.4. The number of fused-ring (bicyclic) bond motifs is 2. The Bertz CT molecular complexity index is 1480. The van der Waals surface area contributed by atoms with Crippen molar-refractivity contribution in [1.82, 2.24) is 9.88 Å². The number of carbonyl (C=O) groups is 2. The van der Waals surface area contributed by atoms with Crippen molar-refractivity contribution in [2.75, 3.05) is 20.3 Å². The minimum atomic E-state index is -0.594. The zero-order chi connectivity index (χ0) is 27.9. The Kier molecular flexibility index (Phi) is 7.46. The Hall–Kier alpha value is -3.33. The number of rotatable bonds is 7. The van der Waals surface area contributed by atoms with Crippen molar-refractivity contribution in [3.8, 4) is 16.2 Å². The van der Waals surface area contributed by atoms with Crippen LogP contribution in [0.15, 0.2) is 29.2 Å². The maximum atomic E-state index is 13.3. The van der Waals surface area contributed by atoms with Crippen LogP contribution in [0.1, 0.15) is 73.8 Å². The number of thiophene rings is 1. The average molecular weight is 553 g/mol. The van der Waals surface area contributed by atoms with E-state index in [2.05, 4.69) is 11.4 Å². The molecular weight excluding hydrogens is 516 g/mol. The minimum Gasteiger partial charge on any atom is -0.494 e. The van der Waals surface area contributed by atoms with E-state index in [1.54, 1.807) is 31.6 Å². The van der Waals surface area contributed by atoms with Gasteiger partial charge in [0.2, 0.25) is 5.43 Å². The van der Waals surface area contributed by atoms with E-state index in [1.807, 2.05) is 37.5 Å². The summed E-state index contributed by atoms with van der Waals surface area (Å²) in [5.74, 6) is 0.393. The Balaban J connectivity index is 1.46. The lowest BCUT2D eigenvalue weighted by atomic mass is 9.88. The van der Waals surface area contributed by atoms with E-state index < -0.39 is 11.6 Å². The van der Waals surface area contributed by atoms with Crippen molar-refractivity contribution in [3.05, 3.63) is 50.6 Å². The molecule has 2 aliphatic rings. The maximum Gasteiger partial charge on any atom is 0.407 e. The molecule has 1 unspecified atom stereocenters. The number of nitrogens with zero attached hydrogens (tertiary/aromatic N) is 1. The topological polar surface area (TPSA) is 95.9 Å². The van der Waals surface area contributed by atoms with Crippen molar-refractivity contribution in [1.29, 1.82) is 0 Å². The van der Waals surface area contributed by atoms with Gasteiger partial charge in [-0.1, -0.05) is 0 Å². The van der Waals surface area contributed by atoms with Crippen LogP contribution in [-0.4, -0.2) is 42.5 Å². The van der Waals surface area contributed by atoms with Gasteiger partial charge in [0, 0.05) is 34.1 Å². The van der Waals surface area contributed by atoms with Crippen molar-refractivity contribution in [2.24, 2.45) is 5.92 Å². The maximum absolute atomic E-state index is 13.3. The molecule has 8 nitrogen and oxygen atoms in total. The Labute approximate surface area is 232 Å². The second-order valence-electron chi connectivity index (χ2n) is 11.3. The fourth-order valence-electron chi connectivity index (χ4n) is 5.26. The van der Waals surface area contributed by atoms with Gasteiger partial charge in [-0.25, -0.2) is 9.59 Å². The summed E-state index contributed by atoms with van der Waals surface area (Å²) in [5, 5.41) is 3.38. The second-order valence-corrected chi connectivity index (χ2v) is 12.5. The molecule has 1 atom stereocenters. The third-order valence-electron chi connectivity index (χ3n) is 7.17. The molecule has 9 heteroatoms. The third-order valence-corrected chi connectivity index (χ3v) is 8.44. The predicted octanol–water partition coefficient (Wildman–Crippen LogP) is 5.88. The third kappa shape index (κ3) is 5.69. The lowest BCUT2D eigenvalue weighted by Crippen LogP contribution is -2.36. The van der Waals surface area contributed by atoms with Gasteiger partial charge in [-0.15, -0.1) is 11.3 Å². The number of aromatic nitrogens is 1. The zero-order valence-electron chi connectivity index (χ0n) is 23.2. The lowest BCUT2D eigenvalue weighted by Gasteiger charge is -2.24. The molecule has 39 heavy (non-hydrogen) atoms. The number of pyridine rings is 1. The molecular formula is C30H36N2O6S. The number of ether oxygens (including phenoxy) is 3. The molecule has 0 radical (unpaired) electrons. The van der Waals surface area contributed by atoms with Crippen molar-refractivity contribution >= 4 is 34.3 Å². The molecule has 1 saturated carbocycles. The smallest absolute Gasteiger partial charge is 0.407 e. The van der Waals surface area contributed by atoms with Crippen molar-refractivity contribution in [2.45, 2.75) is 71.4 Å². The molecule has 1 N–H and O–H groups in total. The number of aryl methyl sites for hydroxylation is 1. The summed E-state index contributed by atoms with van der Waals surface area (Å²) < 4.78 is 18.5. The van der Waals surface area contributed by atoms with Crippen LogP contribution in [0.4, 0.5) is 4.79 Å². The van der Waals surface area contributed by atoms with Gasteiger partial charge in [-0.2, -0.15) is 0 Å². The van der Waals surface area contributed by atoms with Gasteiger partial charge in [-0.05, 0) is 89.5 Å². The van der Waals surface area contributed by atoms with E-state index in [0.717, 1.165) is 48.1 Å². The van der Waals surface area contributed by atoms with Crippen LogP contribution in [0.3, 0.4) is 0 Å². The molecule has 2 aliphatic carbocycles. The van der Waals surface area contributed by atoms with E-state index in [9.17, 15) is 14.4 Å². The number of carbonyl (C=O) groups excluding carboxylic acids is 2. The average Bonchev–Trinajstić information content (AvgIpc) is 3.64. The Morgan fingerprint density at radius 3 is 2.62 bits per heavy atom. The number of hydrogen-bond donors (Lipinski definition) is 1. The summed E-state index contributed by atoms with van der Waals surface area (Å²) in [6.07, 6.45) is 6.07. The van der Waals surface area contributed by atoms with Crippen LogP contribution in [-0.2, 0) is 22.3 Å². The number of alkyl carbamates (subject to hydrolysis) is 1. The summed E-state index contributed by atoms with van der Waals surface area (Å²) in [7, 11) is 1.63. The highest BCUT2D eigenvalue weighted by Gasteiger charge is 2.30. The molecule has 2 aromatic heterocycles. The van der Waals surface area contributed by atoms with Crippen molar-refractivity contribution in [3.63, 3.8) is 0 Å². The van der Waals surface area contributed by atoms with Gasteiger partial charge in [0.05, 0.1) is 24.6 Å². The van der Waals surface area contributed by atoms with Crippen LogP contribution in [0.5, 0.6) is 5.75 Å². The fraction of sp³-hybridized carbons (Fsp3) is 0.500. The SMILES string of the molecule is CCOC(=O)c1cn(C2CC2)c2c(OC)c(-c3cc4c(s3)CCC(CNC(=O)OC(C)(C)C)C4)ccc2c1=O. The highest BCUT2D eigenvalue weighted by Crippen LogP contribution is 2.45. The van der Waals surface area contributed by atoms with E-state index in [-0.39, 0.29) is 29.7 Å². The summed E-state index contributed by atoms with van der Waals surface area (Å²) in [5.41, 5.74) is 2.15. The second kappa shape index (κ2) is 10.7. The molecule has 0 bridgehead atoms. The zero-order valence-corrected chi connectivity index (χ0v) is 24.0. The molecule has 0 saturated heterocycles. The number of amides is 1. The Morgan fingerprint density at radius 2 is 1.95 bits per heavy atom. The largest absolute Gasteiger partial charge is 0.494 e. The predicted molar refractivity (Wildman–Crippen MR) is 152 cm³/mol. The van der Waals surface area contributed by atoms with E-state index >= 15 is 0 Å². The minimum absolute atomic E-state index is 0.0590. The number of hydrogen-bond acceptors (Lipinski definition) is 7. The molecule has 0 aliphatic heterocycles. The van der Waals surface area contributed by atoms with Gasteiger partial charge in [0.15, 0.2) is 5.75 Å². The normalized spacial score (nSPS) is 17.0. The van der Waals surface area contributed by atoms with Gasteiger partial charge >= 0.3 is 12.1 Å². The van der Waals surface area contributed by atoms with E-state index in [1.165, 1.54) is 10.4 Å². The number of methoxy groups -OCH3 is 1. The van der Waals surface area contributed by atoms with Gasteiger partial charge < -0.3 is 24.1 Å². The molecule has 5 rings (SSSR count). The first-order valence-corrected chi connectivity index (χ1v) is 14.4. The molecule has 208 valence electrons. The van der Waals surface area contributed by atoms with Gasteiger partial charge in [-0.3, -0.25) is 4.79 Å². The van der Waals surface area contributed by atoms with Crippen LogP contribution < -0.4 is 15.5 Å². The van der Waals surface area contributed by atoms with E-state index in [4.69, 9.17) is 14.2 Å². The van der Waals surface area contributed by atoms with Gasteiger partial charge in [0.1, 0.15) is 11.2 Å². The molecule has 0 spiro atoms. The quantitative estimate of drug-likeness (QED) is 0.368. The van der Waals surface area contributed by atoms with Crippen molar-refractivity contribution < 1.29 is 23.8 Å². The number of nitrogens with one attached hydrogen (secondary N) is 1. The summed E-state index contributed by atoms with van der Waals surface area (Å²) >= 11 is 1.76. The number of esters is 1. The highest BCUT2D eigenvalue weighted by atomic mass is 32.1. The summed E-state index contributed by atoms with van der Waals surface area (Å²) in [6.45, 7) is 8.09. The summed E-state index contributed by atoms with van der Waals surface area (Å²) in [6, 6.07) is 6.17. The monoisotopic (exact) mass is 552 g/mol. The van der Waals surface area contributed by atoms with Crippen LogP contribution in [0.25, 0.3) is 21.3 Å². The van der Waals surface area contributed by atoms with Gasteiger partial charge in [0.25, 0.3) is 0 Å². The molecule has 1 amide bonds. The molecule has 1 aromatic carbocycles. The first-order chi connectivity index (χ1) is 18.6. The van der Waals surface area contributed by atoms with Crippen LogP contribution in [0.2, 0.25) is 0 Å². The molecule has 3 aromatic rings. The first kappa shape index (κ1) is 27.2. The Morgan fingerprint density at radius 1 is 1.18 bits per heavy atom. The lowest BCUT2D eigenvalue weighted by molar-refractivity contribution is 0.0510. The van der Waals surface area contributed by atoms with E-state index in [0.29, 0.717) is 23.6 Å². The van der Waals surface area contributed by atoms with Crippen LogP contribution in [0, 0.1) is 5.92 Å². The highest BCUT2D eigenvalue weighted by molar-refractivity contribution is 7.15. The molecule has 1 fully saturated rings.